The number of nitrogens with one attached hydrogen (secondary N) is 1. The van der Waals surface area contributed by atoms with Gasteiger partial charge in [-0.25, -0.2) is 8.42 Å². The number of hydrogen-bond acceptors (Lipinski definition) is 4. The van der Waals surface area contributed by atoms with Gasteiger partial charge in [0.1, 0.15) is 0 Å². The van der Waals surface area contributed by atoms with Crippen LogP contribution >= 0.6 is 0 Å². The van der Waals surface area contributed by atoms with E-state index in [0.29, 0.717) is 24.5 Å². The molecule has 2 rings (SSSR count). The Morgan fingerprint density at radius 3 is 2.62 bits per heavy atom. The molecule has 1 atom stereocenters. The molecule has 0 spiro atoms. The lowest BCUT2D eigenvalue weighted by Crippen LogP contribution is -2.30. The first-order chi connectivity index (χ1) is 9.90. The van der Waals surface area contributed by atoms with Gasteiger partial charge in [0.25, 0.3) is 0 Å². The molecule has 0 aromatic heterocycles. The van der Waals surface area contributed by atoms with Gasteiger partial charge in [-0.2, -0.15) is 4.31 Å². The Balaban J connectivity index is 2.38. The number of aryl methyl sites for hydroxylation is 2. The Hall–Kier alpha value is -0.950. The Morgan fingerprint density at radius 1 is 1.33 bits per heavy atom. The molecule has 1 aromatic rings. The van der Waals surface area contributed by atoms with E-state index in [1.807, 2.05) is 27.0 Å². The molecule has 21 heavy (non-hydrogen) atoms. The molecule has 1 fully saturated rings. The molecule has 118 valence electrons. The van der Waals surface area contributed by atoms with Crippen LogP contribution in [-0.4, -0.2) is 46.1 Å². The van der Waals surface area contributed by atoms with Gasteiger partial charge in [-0.1, -0.05) is 6.07 Å². The minimum absolute atomic E-state index is 0.00214. The van der Waals surface area contributed by atoms with Gasteiger partial charge in [-0.05, 0) is 50.1 Å². The maximum absolute atomic E-state index is 12.8. The van der Waals surface area contributed by atoms with Crippen molar-refractivity contribution in [3.63, 3.8) is 0 Å². The van der Waals surface area contributed by atoms with Crippen molar-refractivity contribution in [2.75, 3.05) is 27.2 Å². The summed E-state index contributed by atoms with van der Waals surface area (Å²) < 4.78 is 32.5. The highest BCUT2D eigenvalue weighted by Crippen LogP contribution is 2.27. The quantitative estimate of drug-likeness (QED) is 0.893. The molecule has 1 heterocycles. The lowest BCUT2D eigenvalue weighted by atomic mass is 10.1. The van der Waals surface area contributed by atoms with Crippen LogP contribution in [0.25, 0.3) is 0 Å². The molecule has 1 aliphatic heterocycles. The molecule has 0 bridgehead atoms. The monoisotopic (exact) mass is 312 g/mol. The minimum Gasteiger partial charge on any atom is -0.380 e. The molecule has 6 heteroatoms. The van der Waals surface area contributed by atoms with E-state index in [1.54, 1.807) is 13.2 Å². The summed E-state index contributed by atoms with van der Waals surface area (Å²) in [5.74, 6) is 0. The first-order valence-electron chi connectivity index (χ1n) is 7.17. The summed E-state index contributed by atoms with van der Waals surface area (Å²) in [6.07, 6.45) is 0.756. The van der Waals surface area contributed by atoms with Crippen molar-refractivity contribution in [1.29, 1.82) is 0 Å². The number of ether oxygens (including phenoxy) is 1. The third kappa shape index (κ3) is 3.29. The highest BCUT2D eigenvalue weighted by Gasteiger charge is 2.33. The summed E-state index contributed by atoms with van der Waals surface area (Å²) in [6, 6.07) is 3.75. The molecule has 1 aromatic carbocycles. The van der Waals surface area contributed by atoms with E-state index >= 15 is 0 Å². The van der Waals surface area contributed by atoms with Crippen molar-refractivity contribution in [3.8, 4) is 0 Å². The Labute approximate surface area is 127 Å². The van der Waals surface area contributed by atoms with E-state index in [-0.39, 0.29) is 6.10 Å². The number of nitrogens with zero attached hydrogens (tertiary/aromatic N) is 1. The molecule has 1 unspecified atom stereocenters. The summed E-state index contributed by atoms with van der Waals surface area (Å²) in [4.78, 5) is 0.412. The zero-order valence-electron chi connectivity index (χ0n) is 13.1. The maximum Gasteiger partial charge on any atom is 0.243 e. The molecular formula is C15H24N2O3S. The Kier molecular flexibility index (Phi) is 5.03. The molecule has 1 saturated heterocycles. The zero-order chi connectivity index (χ0) is 15.6. The second-order valence-corrected chi connectivity index (χ2v) is 7.49. The van der Waals surface area contributed by atoms with Crippen molar-refractivity contribution >= 4 is 10.0 Å². The van der Waals surface area contributed by atoms with E-state index in [2.05, 4.69) is 5.32 Å². The third-order valence-corrected chi connectivity index (χ3v) is 6.07. The normalized spacial score (nSPS) is 20.1. The highest BCUT2D eigenvalue weighted by molar-refractivity contribution is 7.89. The topological polar surface area (TPSA) is 58.6 Å². The van der Waals surface area contributed by atoms with E-state index in [1.165, 1.54) is 4.31 Å². The lowest BCUT2D eigenvalue weighted by molar-refractivity contribution is 0.115. The van der Waals surface area contributed by atoms with Gasteiger partial charge in [0.05, 0.1) is 11.0 Å². The average molecular weight is 312 g/mol. The number of methoxy groups -OCH3 is 1. The first-order valence-corrected chi connectivity index (χ1v) is 8.61. The van der Waals surface area contributed by atoms with Gasteiger partial charge in [-0.15, -0.1) is 0 Å². The van der Waals surface area contributed by atoms with Crippen LogP contribution in [0.15, 0.2) is 17.0 Å². The SMILES string of the molecule is CNCc1cc(S(=O)(=O)N2CCC(OC)C2)c(C)cc1C. The van der Waals surface area contributed by atoms with Crippen molar-refractivity contribution in [2.24, 2.45) is 0 Å². The molecule has 0 radical (unpaired) electrons. The molecule has 0 saturated carbocycles. The van der Waals surface area contributed by atoms with Crippen LogP contribution in [0.2, 0.25) is 0 Å². The lowest BCUT2D eigenvalue weighted by Gasteiger charge is -2.19. The van der Waals surface area contributed by atoms with Crippen molar-refractivity contribution < 1.29 is 13.2 Å². The molecular weight excluding hydrogens is 288 g/mol. The smallest absolute Gasteiger partial charge is 0.243 e. The average Bonchev–Trinajstić information content (AvgIpc) is 2.91. The van der Waals surface area contributed by atoms with Crippen LogP contribution in [0, 0.1) is 13.8 Å². The van der Waals surface area contributed by atoms with Crippen molar-refractivity contribution in [1.82, 2.24) is 9.62 Å². The van der Waals surface area contributed by atoms with Crippen LogP contribution in [0.5, 0.6) is 0 Å². The fraction of sp³-hybridized carbons (Fsp3) is 0.600. The fourth-order valence-corrected chi connectivity index (χ4v) is 4.52. The predicted octanol–water partition coefficient (Wildman–Crippen LogP) is 1.43. The largest absolute Gasteiger partial charge is 0.380 e. The third-order valence-electron chi connectivity index (χ3n) is 4.06. The minimum atomic E-state index is -3.44. The van der Waals surface area contributed by atoms with Gasteiger partial charge >= 0.3 is 0 Å². The van der Waals surface area contributed by atoms with Crippen LogP contribution in [0.3, 0.4) is 0 Å². The van der Waals surface area contributed by atoms with Crippen LogP contribution in [0.4, 0.5) is 0 Å². The van der Waals surface area contributed by atoms with E-state index in [0.717, 1.165) is 23.1 Å². The van der Waals surface area contributed by atoms with Gasteiger partial charge in [0, 0.05) is 26.7 Å². The summed E-state index contributed by atoms with van der Waals surface area (Å²) in [7, 11) is 0.0418. The molecule has 0 amide bonds. The van der Waals surface area contributed by atoms with Crippen molar-refractivity contribution in [2.45, 2.75) is 37.8 Å². The van der Waals surface area contributed by atoms with Crippen LogP contribution in [0.1, 0.15) is 23.1 Å². The number of sulfonamides is 1. The number of rotatable bonds is 5. The van der Waals surface area contributed by atoms with Gasteiger partial charge in [-0.3, -0.25) is 0 Å². The van der Waals surface area contributed by atoms with E-state index in [9.17, 15) is 8.42 Å². The summed E-state index contributed by atoms with van der Waals surface area (Å²) in [5.41, 5.74) is 2.93. The first kappa shape index (κ1) is 16.4. The summed E-state index contributed by atoms with van der Waals surface area (Å²) in [6.45, 7) is 5.48. The van der Waals surface area contributed by atoms with E-state index in [4.69, 9.17) is 4.74 Å². The van der Waals surface area contributed by atoms with E-state index < -0.39 is 10.0 Å². The summed E-state index contributed by atoms with van der Waals surface area (Å²) >= 11 is 0. The highest BCUT2D eigenvalue weighted by atomic mass is 32.2. The van der Waals surface area contributed by atoms with Gasteiger partial charge in [0.2, 0.25) is 10.0 Å². The molecule has 1 N–H and O–H groups in total. The van der Waals surface area contributed by atoms with Crippen molar-refractivity contribution in [3.05, 3.63) is 28.8 Å². The molecule has 5 nitrogen and oxygen atoms in total. The Morgan fingerprint density at radius 2 is 2.05 bits per heavy atom. The zero-order valence-corrected chi connectivity index (χ0v) is 14.0. The Bertz CT molecular complexity index is 614. The molecule has 0 aliphatic carbocycles. The van der Waals surface area contributed by atoms with Gasteiger partial charge < -0.3 is 10.1 Å². The maximum atomic E-state index is 12.8. The summed E-state index contributed by atoms with van der Waals surface area (Å²) in [5, 5.41) is 3.08. The second-order valence-electron chi connectivity index (χ2n) is 5.58. The van der Waals surface area contributed by atoms with Gasteiger partial charge in [0.15, 0.2) is 0 Å². The van der Waals surface area contributed by atoms with Crippen LogP contribution in [-0.2, 0) is 21.3 Å². The fourth-order valence-electron chi connectivity index (χ4n) is 2.78. The number of benzene rings is 1. The second kappa shape index (κ2) is 6.44. The predicted molar refractivity (Wildman–Crippen MR) is 82.9 cm³/mol. The molecule has 1 aliphatic rings. The number of hydrogen-bond donors (Lipinski definition) is 1. The standard InChI is InChI=1S/C15H24N2O3S/c1-11-7-12(2)15(8-13(11)9-16-3)21(18,19)17-6-5-14(10-17)20-4/h7-8,14,16H,5-6,9-10H2,1-4H3. The van der Waals surface area contributed by atoms with Crippen LogP contribution < -0.4 is 5.32 Å².